The molecule has 1 aromatic carbocycles. The number of aryl methyl sites for hydroxylation is 1. The maximum atomic E-state index is 12.4. The van der Waals surface area contributed by atoms with E-state index in [2.05, 4.69) is 20.7 Å². The van der Waals surface area contributed by atoms with Crippen LogP contribution < -0.4 is 4.74 Å². The summed E-state index contributed by atoms with van der Waals surface area (Å²) in [5, 5.41) is 0.817. The molecule has 0 aliphatic heterocycles. The van der Waals surface area contributed by atoms with Crippen molar-refractivity contribution in [3.8, 4) is 5.75 Å². The van der Waals surface area contributed by atoms with Gasteiger partial charge in [-0.25, -0.2) is 4.79 Å². The van der Waals surface area contributed by atoms with Crippen LogP contribution in [-0.2, 0) is 11.2 Å². The highest BCUT2D eigenvalue weighted by molar-refractivity contribution is 9.09. The maximum absolute atomic E-state index is 12.4. The van der Waals surface area contributed by atoms with Crippen molar-refractivity contribution in [2.24, 2.45) is 0 Å². The van der Waals surface area contributed by atoms with E-state index in [1.165, 1.54) is 12.1 Å². The molecule has 3 nitrogen and oxygen atoms in total. The minimum absolute atomic E-state index is 0.0183. The van der Waals surface area contributed by atoms with E-state index in [0.29, 0.717) is 6.42 Å². The van der Waals surface area contributed by atoms with Gasteiger partial charge in [0.2, 0.25) is 0 Å². The van der Waals surface area contributed by atoms with Crippen molar-refractivity contribution in [3.05, 3.63) is 29.3 Å². The summed E-state index contributed by atoms with van der Waals surface area (Å²) in [6.45, 7) is -1.15. The molecule has 0 aliphatic carbocycles. The van der Waals surface area contributed by atoms with Gasteiger partial charge in [0.25, 0.3) is 0 Å². The Balaban J connectivity index is 2.98. The molecule has 0 fully saturated rings. The Morgan fingerprint density at radius 2 is 2.16 bits per heavy atom. The predicted octanol–water partition coefficient (Wildman–Crippen LogP) is 3.79. The maximum Gasteiger partial charge on any atom is 0.387 e. The quantitative estimate of drug-likeness (QED) is 0.561. The van der Waals surface area contributed by atoms with Crippen LogP contribution in [0.2, 0.25) is 0 Å². The molecule has 1 rings (SSSR count). The Morgan fingerprint density at radius 3 is 2.74 bits per heavy atom. The van der Waals surface area contributed by atoms with Crippen molar-refractivity contribution >= 4 is 21.9 Å². The number of carbonyl (C=O) groups excluding carboxylic acids is 1. The molecule has 0 aliphatic rings. The highest BCUT2D eigenvalue weighted by atomic mass is 79.9. The first kappa shape index (κ1) is 15.9. The minimum atomic E-state index is -2.97. The summed E-state index contributed by atoms with van der Waals surface area (Å²) in [6.07, 6.45) is 1.58. The average Bonchev–Trinajstić information content (AvgIpc) is 2.36. The van der Waals surface area contributed by atoms with Gasteiger partial charge in [0, 0.05) is 5.33 Å². The van der Waals surface area contributed by atoms with Crippen LogP contribution in [0, 0.1) is 0 Å². The van der Waals surface area contributed by atoms with E-state index in [1.807, 2.05) is 0 Å². The Bertz CT molecular complexity index is 424. The van der Waals surface area contributed by atoms with Crippen molar-refractivity contribution in [3.63, 3.8) is 0 Å². The van der Waals surface area contributed by atoms with Crippen molar-refractivity contribution in [1.82, 2.24) is 0 Å². The van der Waals surface area contributed by atoms with Crippen LogP contribution >= 0.6 is 15.9 Å². The van der Waals surface area contributed by atoms with Crippen LogP contribution in [0.15, 0.2) is 18.2 Å². The second-order valence-corrected chi connectivity index (χ2v) is 4.52. The zero-order valence-electron chi connectivity index (χ0n) is 10.5. The van der Waals surface area contributed by atoms with Gasteiger partial charge in [-0.1, -0.05) is 22.0 Å². The minimum Gasteiger partial charge on any atom is -0.462 e. The standard InChI is InChI=1S/C13H15BrF2O3/c1-2-18-12(17)10-6-5-9(4-3-7-14)8-11(10)19-13(15)16/h5-6,8,13H,2-4,7H2,1H3. The van der Waals surface area contributed by atoms with E-state index in [4.69, 9.17) is 4.74 Å². The summed E-state index contributed by atoms with van der Waals surface area (Å²) < 4.78 is 33.9. The van der Waals surface area contributed by atoms with Gasteiger partial charge in [-0.05, 0) is 37.5 Å². The summed E-state index contributed by atoms with van der Waals surface area (Å²) in [6, 6.07) is 4.63. The van der Waals surface area contributed by atoms with Gasteiger partial charge in [-0.15, -0.1) is 0 Å². The molecule has 6 heteroatoms. The molecule has 0 saturated carbocycles. The molecule has 0 N–H and O–H groups in total. The van der Waals surface area contributed by atoms with Gasteiger partial charge in [-0.3, -0.25) is 0 Å². The zero-order chi connectivity index (χ0) is 14.3. The van der Waals surface area contributed by atoms with Gasteiger partial charge in [-0.2, -0.15) is 8.78 Å². The molecular formula is C13H15BrF2O3. The number of rotatable bonds is 7. The van der Waals surface area contributed by atoms with Crippen LogP contribution in [0.25, 0.3) is 0 Å². The number of ether oxygens (including phenoxy) is 2. The largest absolute Gasteiger partial charge is 0.462 e. The molecule has 0 aromatic heterocycles. The third-order valence-corrected chi connectivity index (χ3v) is 2.92. The molecule has 0 radical (unpaired) electrons. The first-order valence-electron chi connectivity index (χ1n) is 5.89. The van der Waals surface area contributed by atoms with Gasteiger partial charge in [0.05, 0.1) is 6.61 Å². The third-order valence-electron chi connectivity index (χ3n) is 2.36. The Hall–Kier alpha value is -1.17. The summed E-state index contributed by atoms with van der Waals surface area (Å²) in [5.74, 6) is -0.800. The number of halogens is 3. The van der Waals surface area contributed by atoms with Crippen LogP contribution in [0.1, 0.15) is 29.3 Å². The summed E-state index contributed by atoms with van der Waals surface area (Å²) in [4.78, 5) is 11.6. The van der Waals surface area contributed by atoms with Gasteiger partial charge in [0.15, 0.2) is 0 Å². The van der Waals surface area contributed by atoms with E-state index in [1.54, 1.807) is 13.0 Å². The molecular weight excluding hydrogens is 322 g/mol. The fourth-order valence-corrected chi connectivity index (χ4v) is 1.84. The molecule has 0 unspecified atom stereocenters. The van der Waals surface area contributed by atoms with Crippen molar-refractivity contribution in [1.29, 1.82) is 0 Å². The molecule has 0 spiro atoms. The SMILES string of the molecule is CCOC(=O)c1ccc(CCCBr)cc1OC(F)F. The van der Waals surface area contributed by atoms with E-state index in [0.717, 1.165) is 17.3 Å². The lowest BCUT2D eigenvalue weighted by atomic mass is 10.1. The second kappa shape index (κ2) is 8.09. The molecule has 0 amide bonds. The second-order valence-electron chi connectivity index (χ2n) is 3.72. The van der Waals surface area contributed by atoms with Gasteiger partial charge < -0.3 is 9.47 Å². The lowest BCUT2D eigenvalue weighted by Gasteiger charge is -2.11. The topological polar surface area (TPSA) is 35.5 Å². The van der Waals surface area contributed by atoms with Crippen molar-refractivity contribution in [2.75, 3.05) is 11.9 Å². The monoisotopic (exact) mass is 336 g/mol. The smallest absolute Gasteiger partial charge is 0.387 e. The normalized spacial score (nSPS) is 10.6. The number of hydrogen-bond acceptors (Lipinski definition) is 3. The van der Waals surface area contributed by atoms with Gasteiger partial charge in [0.1, 0.15) is 11.3 Å². The molecule has 0 bridgehead atoms. The highest BCUT2D eigenvalue weighted by Gasteiger charge is 2.17. The number of esters is 1. The first-order chi connectivity index (χ1) is 9.08. The Morgan fingerprint density at radius 1 is 1.42 bits per heavy atom. The van der Waals surface area contributed by atoms with Crippen LogP contribution in [-0.4, -0.2) is 24.5 Å². The third kappa shape index (κ3) is 5.14. The number of hydrogen-bond donors (Lipinski definition) is 0. The Labute approximate surface area is 119 Å². The lowest BCUT2D eigenvalue weighted by molar-refractivity contribution is -0.0504. The molecule has 0 saturated heterocycles. The summed E-state index contributed by atoms with van der Waals surface area (Å²) >= 11 is 3.30. The van der Waals surface area contributed by atoms with Crippen LogP contribution in [0.5, 0.6) is 5.75 Å². The zero-order valence-corrected chi connectivity index (χ0v) is 12.1. The fourth-order valence-electron chi connectivity index (χ4n) is 1.56. The molecule has 0 heterocycles. The predicted molar refractivity (Wildman–Crippen MR) is 71.1 cm³/mol. The highest BCUT2D eigenvalue weighted by Crippen LogP contribution is 2.24. The lowest BCUT2D eigenvalue weighted by Crippen LogP contribution is -2.11. The molecule has 0 atom stereocenters. The molecule has 106 valence electrons. The number of benzene rings is 1. The average molecular weight is 337 g/mol. The van der Waals surface area contributed by atoms with E-state index in [9.17, 15) is 13.6 Å². The first-order valence-corrected chi connectivity index (χ1v) is 7.01. The van der Waals surface area contributed by atoms with E-state index >= 15 is 0 Å². The summed E-state index contributed by atoms with van der Waals surface area (Å²) in [5.41, 5.74) is 0.855. The molecule has 19 heavy (non-hydrogen) atoms. The molecule has 1 aromatic rings. The van der Waals surface area contributed by atoms with E-state index < -0.39 is 12.6 Å². The van der Waals surface area contributed by atoms with E-state index in [-0.39, 0.29) is 17.9 Å². The van der Waals surface area contributed by atoms with Crippen molar-refractivity contribution in [2.45, 2.75) is 26.4 Å². The van der Waals surface area contributed by atoms with Gasteiger partial charge >= 0.3 is 12.6 Å². The van der Waals surface area contributed by atoms with Crippen LogP contribution in [0.3, 0.4) is 0 Å². The number of carbonyl (C=O) groups is 1. The number of alkyl halides is 3. The Kier molecular flexibility index (Phi) is 6.77. The van der Waals surface area contributed by atoms with Crippen LogP contribution in [0.4, 0.5) is 8.78 Å². The van der Waals surface area contributed by atoms with Crippen molar-refractivity contribution < 1.29 is 23.0 Å². The summed E-state index contributed by atoms with van der Waals surface area (Å²) in [7, 11) is 0. The fraction of sp³-hybridized carbons (Fsp3) is 0.462.